The fraction of sp³-hybridized carbons (Fsp3) is 0.429. The third kappa shape index (κ3) is 7.17. The fourth-order valence-electron chi connectivity index (χ4n) is 4.31. The third-order valence-electron chi connectivity index (χ3n) is 6.75. The highest BCUT2D eigenvalue weighted by atomic mass is 28.3. The second-order valence-corrected chi connectivity index (χ2v) is 23.8. The molecule has 0 aliphatic carbocycles. The summed E-state index contributed by atoms with van der Waals surface area (Å²) < 4.78 is 61.0. The minimum atomic E-state index is -1.46. The van der Waals surface area contributed by atoms with Gasteiger partial charge in [-0.3, -0.25) is 10.1 Å². The number of nitro groups is 1. The highest BCUT2D eigenvalue weighted by molar-refractivity contribution is 6.76. The van der Waals surface area contributed by atoms with Crippen molar-refractivity contribution >= 4 is 32.7 Å². The number of fused-ring (bicyclic) bond motifs is 1. The number of hydrogen-bond donors (Lipinski definition) is 0. The van der Waals surface area contributed by atoms with E-state index < -0.39 is 55.3 Å². The zero-order chi connectivity index (χ0) is 30.8. The number of aromatic nitrogens is 4. The number of nitro benzene ring substituents is 1. The van der Waals surface area contributed by atoms with Crippen LogP contribution in [0.5, 0.6) is 0 Å². The van der Waals surface area contributed by atoms with Gasteiger partial charge in [-0.15, -0.1) is 0 Å². The number of benzene rings is 2. The summed E-state index contributed by atoms with van der Waals surface area (Å²) in [6.07, 6.45) is 3.32. The smallest absolute Gasteiger partial charge is 0.305 e. The normalized spacial score (nSPS) is 12.4. The summed E-state index contributed by atoms with van der Waals surface area (Å²) in [4.78, 5) is 14.8. The molecule has 14 heteroatoms. The summed E-state index contributed by atoms with van der Waals surface area (Å²) >= 11 is 0. The first-order valence-corrected chi connectivity index (χ1v) is 21.1. The number of rotatable bonds is 13. The highest BCUT2D eigenvalue weighted by Crippen LogP contribution is 2.38. The lowest BCUT2D eigenvalue weighted by atomic mass is 10.0. The van der Waals surface area contributed by atoms with E-state index in [2.05, 4.69) is 49.4 Å². The molecule has 0 fully saturated rings. The van der Waals surface area contributed by atoms with Gasteiger partial charge in [0.1, 0.15) is 30.5 Å². The van der Waals surface area contributed by atoms with Crippen LogP contribution in [0.1, 0.15) is 0 Å². The van der Waals surface area contributed by atoms with Crippen molar-refractivity contribution in [3.05, 3.63) is 64.2 Å². The lowest BCUT2D eigenvalue weighted by Gasteiger charge is -2.16. The molecular weight excluding hydrogens is 584 g/mol. The zero-order valence-corrected chi connectivity index (χ0v) is 26.7. The van der Waals surface area contributed by atoms with E-state index in [0.717, 1.165) is 18.2 Å². The molecule has 0 aliphatic heterocycles. The van der Waals surface area contributed by atoms with Crippen LogP contribution >= 0.6 is 0 Å². The maximum atomic E-state index is 16.3. The van der Waals surface area contributed by atoms with Crippen molar-refractivity contribution in [2.45, 2.75) is 64.8 Å². The number of hydrogen-bond acceptors (Lipinski definition) is 6. The molecule has 226 valence electrons. The van der Waals surface area contributed by atoms with Crippen LogP contribution in [-0.4, -0.2) is 53.6 Å². The molecule has 0 atom stereocenters. The molecule has 0 spiro atoms. The molecule has 0 radical (unpaired) electrons. The molecule has 4 rings (SSSR count). The molecule has 0 unspecified atom stereocenters. The summed E-state index contributed by atoms with van der Waals surface area (Å²) in [6.45, 7) is 14.5. The van der Waals surface area contributed by atoms with Crippen LogP contribution in [0, 0.1) is 27.6 Å². The standard InChI is InChI=1S/C28H36F3N5O4Si2/c1-41(2,3)15-13-39-17-34-12-11-32-28(34)26-20-8-7-19(23-21(29)9-10-22(25(23)31)36(37)38)24(30)27(20)35(33-26)18-40-14-16-42(4,5)6/h7-12H,13-18H2,1-6H3. The molecule has 0 N–H and O–H groups in total. The van der Waals surface area contributed by atoms with E-state index in [-0.39, 0.29) is 19.0 Å². The number of nitrogens with zero attached hydrogens (tertiary/aromatic N) is 5. The SMILES string of the molecule is C[Si](C)(C)CCOCn1ccnc1-c1nn(COCC[Si](C)(C)C)c2c(F)c(-c3c(F)ccc([N+](=O)[O-])c3F)ccc12. The van der Waals surface area contributed by atoms with Gasteiger partial charge in [0.2, 0.25) is 5.82 Å². The summed E-state index contributed by atoms with van der Waals surface area (Å²) in [5.74, 6) is -3.14. The van der Waals surface area contributed by atoms with E-state index in [1.54, 1.807) is 17.0 Å². The number of halogens is 3. The van der Waals surface area contributed by atoms with Crippen molar-refractivity contribution in [1.29, 1.82) is 0 Å². The van der Waals surface area contributed by atoms with Crippen molar-refractivity contribution in [3.8, 4) is 22.6 Å². The Kier molecular flexibility index (Phi) is 9.40. The van der Waals surface area contributed by atoms with Crippen LogP contribution in [0.2, 0.25) is 51.4 Å². The second kappa shape index (κ2) is 12.5. The molecule has 2 heterocycles. The largest absolute Gasteiger partial charge is 0.361 e. The van der Waals surface area contributed by atoms with Gasteiger partial charge in [-0.1, -0.05) is 45.3 Å². The molecule has 0 saturated heterocycles. The van der Waals surface area contributed by atoms with E-state index >= 15 is 8.78 Å². The summed E-state index contributed by atoms with van der Waals surface area (Å²) in [5.41, 5.74) is -1.96. The van der Waals surface area contributed by atoms with Crippen molar-refractivity contribution in [3.63, 3.8) is 0 Å². The maximum absolute atomic E-state index is 16.3. The Labute approximate surface area is 244 Å². The van der Waals surface area contributed by atoms with Crippen LogP contribution in [-0.2, 0) is 22.9 Å². The molecule has 42 heavy (non-hydrogen) atoms. The van der Waals surface area contributed by atoms with Crippen LogP contribution in [0.15, 0.2) is 36.7 Å². The Balaban J connectivity index is 1.79. The van der Waals surface area contributed by atoms with Crippen LogP contribution in [0.3, 0.4) is 0 Å². The van der Waals surface area contributed by atoms with Crippen LogP contribution < -0.4 is 0 Å². The van der Waals surface area contributed by atoms with Crippen LogP contribution in [0.25, 0.3) is 33.5 Å². The van der Waals surface area contributed by atoms with Gasteiger partial charge in [-0.05, 0) is 24.2 Å². The Morgan fingerprint density at radius 2 is 1.55 bits per heavy atom. The quantitative estimate of drug-likeness (QED) is 0.0665. The Bertz CT molecular complexity index is 1600. The molecule has 2 aromatic heterocycles. The first kappa shape index (κ1) is 31.6. The first-order chi connectivity index (χ1) is 19.7. The van der Waals surface area contributed by atoms with Gasteiger partial charge in [0, 0.05) is 58.8 Å². The lowest BCUT2D eigenvalue weighted by molar-refractivity contribution is -0.387. The van der Waals surface area contributed by atoms with Gasteiger partial charge < -0.3 is 14.0 Å². The van der Waals surface area contributed by atoms with E-state index in [4.69, 9.17) is 9.47 Å². The van der Waals surface area contributed by atoms with Crippen LogP contribution in [0.4, 0.5) is 18.9 Å². The molecule has 0 bridgehead atoms. The molecule has 9 nitrogen and oxygen atoms in total. The number of ether oxygens (including phenoxy) is 2. The average molecular weight is 620 g/mol. The first-order valence-electron chi connectivity index (χ1n) is 13.7. The van der Waals surface area contributed by atoms with E-state index in [1.807, 2.05) is 0 Å². The summed E-state index contributed by atoms with van der Waals surface area (Å²) in [7, 11) is -2.69. The van der Waals surface area contributed by atoms with Crippen molar-refractivity contribution in [2.75, 3.05) is 13.2 Å². The molecular formula is C28H36F3N5O4Si2. The molecule has 0 aliphatic rings. The van der Waals surface area contributed by atoms with Gasteiger partial charge in [0.05, 0.1) is 10.5 Å². The second-order valence-electron chi connectivity index (χ2n) is 12.6. The van der Waals surface area contributed by atoms with Crippen molar-refractivity contribution in [2.24, 2.45) is 0 Å². The topological polar surface area (TPSA) is 97.2 Å². The third-order valence-corrected chi connectivity index (χ3v) is 10.2. The summed E-state index contributed by atoms with van der Waals surface area (Å²) in [5, 5.41) is 16.3. The summed E-state index contributed by atoms with van der Waals surface area (Å²) in [6, 6.07) is 6.00. The average Bonchev–Trinajstić information content (AvgIpc) is 3.49. The monoisotopic (exact) mass is 619 g/mol. The van der Waals surface area contributed by atoms with Gasteiger partial charge in [0.25, 0.3) is 0 Å². The number of imidazole rings is 1. The van der Waals surface area contributed by atoms with E-state index in [1.165, 1.54) is 16.8 Å². The van der Waals surface area contributed by atoms with Gasteiger partial charge in [-0.25, -0.2) is 18.4 Å². The van der Waals surface area contributed by atoms with E-state index in [9.17, 15) is 14.5 Å². The van der Waals surface area contributed by atoms with Gasteiger partial charge in [-0.2, -0.15) is 9.49 Å². The molecule has 0 saturated carbocycles. The Morgan fingerprint density at radius 3 is 2.17 bits per heavy atom. The zero-order valence-electron chi connectivity index (χ0n) is 24.7. The molecule has 0 amide bonds. The molecule has 4 aromatic rings. The highest BCUT2D eigenvalue weighted by Gasteiger charge is 2.28. The van der Waals surface area contributed by atoms with E-state index in [0.29, 0.717) is 36.2 Å². The minimum absolute atomic E-state index is 0.0602. The van der Waals surface area contributed by atoms with Crippen molar-refractivity contribution in [1.82, 2.24) is 19.3 Å². The predicted octanol–water partition coefficient (Wildman–Crippen LogP) is 7.52. The Morgan fingerprint density at radius 1 is 0.905 bits per heavy atom. The molecule has 2 aromatic carbocycles. The lowest BCUT2D eigenvalue weighted by Crippen LogP contribution is -2.22. The Hall–Kier alpha value is -3.34. The van der Waals surface area contributed by atoms with Gasteiger partial charge in [0.15, 0.2) is 11.6 Å². The fourth-order valence-corrected chi connectivity index (χ4v) is 5.83. The van der Waals surface area contributed by atoms with Gasteiger partial charge >= 0.3 is 5.69 Å². The predicted molar refractivity (Wildman–Crippen MR) is 161 cm³/mol. The van der Waals surface area contributed by atoms with Crippen molar-refractivity contribution < 1.29 is 27.6 Å². The maximum Gasteiger partial charge on any atom is 0.305 e. The minimum Gasteiger partial charge on any atom is -0.361 e.